The summed E-state index contributed by atoms with van der Waals surface area (Å²) >= 11 is 0. The standard InChI is InChI=1S/C12H16N2O2/c1-9(15)8-12(16)14-7-6-10-2-4-11(13)5-3-10/h2-5H,6-8,13H2,1H3,(H,14,16). The van der Waals surface area contributed by atoms with Gasteiger partial charge in [0.05, 0.1) is 6.42 Å². The molecule has 0 aliphatic carbocycles. The highest BCUT2D eigenvalue weighted by molar-refractivity contribution is 5.96. The number of carbonyl (C=O) groups is 2. The number of rotatable bonds is 5. The van der Waals surface area contributed by atoms with Crippen molar-refractivity contribution in [2.45, 2.75) is 19.8 Å². The number of Topliss-reactive ketones (excluding diaryl/α,β-unsaturated/α-hetero) is 1. The van der Waals surface area contributed by atoms with E-state index in [9.17, 15) is 9.59 Å². The molecule has 0 aromatic heterocycles. The predicted octanol–water partition coefficient (Wildman–Crippen LogP) is 0.907. The number of anilines is 1. The number of amides is 1. The van der Waals surface area contributed by atoms with Crippen molar-refractivity contribution >= 4 is 17.4 Å². The van der Waals surface area contributed by atoms with E-state index >= 15 is 0 Å². The van der Waals surface area contributed by atoms with E-state index in [1.165, 1.54) is 6.92 Å². The first kappa shape index (κ1) is 12.2. The third-order valence-corrected chi connectivity index (χ3v) is 2.13. The zero-order valence-corrected chi connectivity index (χ0v) is 9.32. The maximum atomic E-state index is 11.1. The molecular formula is C12H16N2O2. The lowest BCUT2D eigenvalue weighted by molar-refractivity contribution is -0.127. The van der Waals surface area contributed by atoms with Gasteiger partial charge in [0.2, 0.25) is 5.91 Å². The van der Waals surface area contributed by atoms with Crippen molar-refractivity contribution in [2.24, 2.45) is 0 Å². The molecule has 1 aromatic rings. The molecule has 0 unspecified atom stereocenters. The van der Waals surface area contributed by atoms with E-state index in [1.807, 2.05) is 24.3 Å². The molecule has 3 N–H and O–H groups in total. The third-order valence-electron chi connectivity index (χ3n) is 2.13. The molecule has 0 saturated carbocycles. The normalized spacial score (nSPS) is 9.81. The van der Waals surface area contributed by atoms with Crippen molar-refractivity contribution in [3.63, 3.8) is 0 Å². The van der Waals surface area contributed by atoms with E-state index in [0.717, 1.165) is 17.7 Å². The van der Waals surface area contributed by atoms with Gasteiger partial charge in [-0.2, -0.15) is 0 Å². The molecule has 0 aliphatic rings. The molecule has 0 heterocycles. The van der Waals surface area contributed by atoms with E-state index in [1.54, 1.807) is 0 Å². The molecule has 0 spiro atoms. The first-order chi connectivity index (χ1) is 7.58. The summed E-state index contributed by atoms with van der Waals surface area (Å²) in [6, 6.07) is 7.50. The zero-order valence-electron chi connectivity index (χ0n) is 9.32. The number of nitrogen functional groups attached to an aromatic ring is 1. The van der Waals surface area contributed by atoms with Gasteiger partial charge in [0.15, 0.2) is 0 Å². The van der Waals surface area contributed by atoms with Crippen LogP contribution in [-0.4, -0.2) is 18.2 Å². The lowest BCUT2D eigenvalue weighted by atomic mass is 10.1. The maximum Gasteiger partial charge on any atom is 0.227 e. The predicted molar refractivity (Wildman–Crippen MR) is 62.9 cm³/mol. The highest BCUT2D eigenvalue weighted by Gasteiger charge is 2.03. The summed E-state index contributed by atoms with van der Waals surface area (Å²) in [5.41, 5.74) is 7.39. The fraction of sp³-hybridized carbons (Fsp3) is 0.333. The van der Waals surface area contributed by atoms with Crippen molar-refractivity contribution in [1.82, 2.24) is 5.32 Å². The molecule has 1 amide bonds. The fourth-order valence-electron chi connectivity index (χ4n) is 1.32. The van der Waals surface area contributed by atoms with Crippen molar-refractivity contribution in [3.8, 4) is 0 Å². The Morgan fingerprint density at radius 1 is 1.25 bits per heavy atom. The van der Waals surface area contributed by atoms with Crippen molar-refractivity contribution < 1.29 is 9.59 Å². The number of carbonyl (C=O) groups excluding carboxylic acids is 2. The van der Waals surface area contributed by atoms with E-state index in [0.29, 0.717) is 6.54 Å². The zero-order chi connectivity index (χ0) is 12.0. The monoisotopic (exact) mass is 220 g/mol. The number of nitrogens with one attached hydrogen (secondary N) is 1. The Kier molecular flexibility index (Phi) is 4.51. The van der Waals surface area contributed by atoms with Crippen LogP contribution in [0.4, 0.5) is 5.69 Å². The van der Waals surface area contributed by atoms with Crippen molar-refractivity contribution in [3.05, 3.63) is 29.8 Å². The van der Waals surface area contributed by atoms with Gasteiger partial charge in [0.25, 0.3) is 0 Å². The minimum absolute atomic E-state index is 0.0399. The second kappa shape index (κ2) is 5.90. The van der Waals surface area contributed by atoms with Gasteiger partial charge in [-0.05, 0) is 31.0 Å². The average Bonchev–Trinajstić information content (AvgIpc) is 2.20. The van der Waals surface area contributed by atoms with Crippen LogP contribution in [-0.2, 0) is 16.0 Å². The van der Waals surface area contributed by atoms with Crippen LogP contribution in [0.5, 0.6) is 0 Å². The topological polar surface area (TPSA) is 72.2 Å². The summed E-state index contributed by atoms with van der Waals surface area (Å²) in [7, 11) is 0. The van der Waals surface area contributed by atoms with Crippen LogP contribution in [0.25, 0.3) is 0 Å². The van der Waals surface area contributed by atoms with E-state index in [-0.39, 0.29) is 18.1 Å². The summed E-state index contributed by atoms with van der Waals surface area (Å²) in [6.45, 7) is 1.94. The Hall–Kier alpha value is -1.84. The lowest BCUT2D eigenvalue weighted by Gasteiger charge is -2.04. The SMILES string of the molecule is CC(=O)CC(=O)NCCc1ccc(N)cc1. The minimum atomic E-state index is -0.219. The molecule has 4 nitrogen and oxygen atoms in total. The summed E-state index contributed by atoms with van der Waals surface area (Å²) < 4.78 is 0. The maximum absolute atomic E-state index is 11.1. The van der Waals surface area contributed by atoms with Crippen molar-refractivity contribution in [1.29, 1.82) is 0 Å². The van der Waals surface area contributed by atoms with Crippen LogP contribution in [0.3, 0.4) is 0 Å². The van der Waals surface area contributed by atoms with Gasteiger partial charge in [-0.3, -0.25) is 9.59 Å². The largest absolute Gasteiger partial charge is 0.399 e. The highest BCUT2D eigenvalue weighted by Crippen LogP contribution is 2.05. The molecule has 1 aromatic carbocycles. The molecule has 0 fully saturated rings. The number of benzene rings is 1. The Morgan fingerprint density at radius 2 is 1.88 bits per heavy atom. The van der Waals surface area contributed by atoms with Crippen molar-refractivity contribution in [2.75, 3.05) is 12.3 Å². The van der Waals surface area contributed by atoms with Crippen LogP contribution < -0.4 is 11.1 Å². The highest BCUT2D eigenvalue weighted by atomic mass is 16.2. The molecule has 0 aliphatic heterocycles. The third kappa shape index (κ3) is 4.59. The van der Waals surface area contributed by atoms with Crippen LogP contribution in [0.1, 0.15) is 18.9 Å². The van der Waals surface area contributed by atoms with Gasteiger partial charge >= 0.3 is 0 Å². The molecule has 0 bridgehead atoms. The summed E-state index contributed by atoms with van der Waals surface area (Å²) in [5, 5.41) is 2.69. The molecule has 4 heteroatoms. The van der Waals surface area contributed by atoms with E-state index in [4.69, 9.17) is 5.73 Å². The van der Waals surface area contributed by atoms with E-state index < -0.39 is 0 Å². The van der Waals surface area contributed by atoms with Gasteiger partial charge in [0.1, 0.15) is 5.78 Å². The number of nitrogens with two attached hydrogens (primary N) is 1. The first-order valence-corrected chi connectivity index (χ1v) is 5.18. The molecule has 1 rings (SSSR count). The smallest absolute Gasteiger partial charge is 0.227 e. The Bertz CT molecular complexity index is 371. The average molecular weight is 220 g/mol. The molecule has 0 radical (unpaired) electrons. The van der Waals surface area contributed by atoms with Crippen LogP contribution in [0.15, 0.2) is 24.3 Å². The second-order valence-corrected chi connectivity index (χ2v) is 3.72. The van der Waals surface area contributed by atoms with Gasteiger partial charge in [-0.15, -0.1) is 0 Å². The molecule has 86 valence electrons. The van der Waals surface area contributed by atoms with Gasteiger partial charge in [-0.25, -0.2) is 0 Å². The number of ketones is 1. The van der Waals surface area contributed by atoms with Gasteiger partial charge < -0.3 is 11.1 Å². The second-order valence-electron chi connectivity index (χ2n) is 3.72. The van der Waals surface area contributed by atoms with Crippen LogP contribution >= 0.6 is 0 Å². The fourth-order valence-corrected chi connectivity index (χ4v) is 1.32. The summed E-state index contributed by atoms with van der Waals surface area (Å²) in [4.78, 5) is 21.8. The first-order valence-electron chi connectivity index (χ1n) is 5.18. The summed E-state index contributed by atoms with van der Waals surface area (Å²) in [6.07, 6.45) is 0.700. The number of hydrogen-bond donors (Lipinski definition) is 2. The molecular weight excluding hydrogens is 204 g/mol. The Morgan fingerprint density at radius 3 is 2.44 bits per heavy atom. The minimum Gasteiger partial charge on any atom is -0.399 e. The molecule has 0 saturated heterocycles. The van der Waals surface area contributed by atoms with Gasteiger partial charge in [-0.1, -0.05) is 12.1 Å². The van der Waals surface area contributed by atoms with E-state index in [2.05, 4.69) is 5.32 Å². The Balaban J connectivity index is 2.28. The molecule has 0 atom stereocenters. The quantitative estimate of drug-likeness (QED) is 0.572. The van der Waals surface area contributed by atoms with Crippen LogP contribution in [0.2, 0.25) is 0 Å². The summed E-state index contributed by atoms with van der Waals surface area (Å²) in [5.74, 6) is -0.340. The number of hydrogen-bond acceptors (Lipinski definition) is 3. The lowest BCUT2D eigenvalue weighted by Crippen LogP contribution is -2.27. The van der Waals surface area contributed by atoms with Gasteiger partial charge in [0, 0.05) is 12.2 Å². The van der Waals surface area contributed by atoms with Crippen LogP contribution in [0, 0.1) is 0 Å². The Labute approximate surface area is 94.8 Å². The molecule has 16 heavy (non-hydrogen) atoms.